The first-order chi connectivity index (χ1) is 17.3. The first kappa shape index (κ1) is 37.5. The van der Waals surface area contributed by atoms with Crippen LogP contribution < -0.4 is 5.32 Å². The molecule has 218 valence electrons. The van der Waals surface area contributed by atoms with Gasteiger partial charge in [-0.2, -0.15) is 0 Å². The molecule has 2 unspecified atom stereocenters. The zero-order valence-corrected chi connectivity index (χ0v) is 26.3. The normalized spacial score (nSPS) is 12.9. The Morgan fingerprint density at radius 1 is 0.583 bits per heavy atom. The zero-order valence-electron chi connectivity index (χ0n) is 26.3. The second kappa shape index (κ2) is 28.9. The monoisotopic (exact) mass is 512 g/mol. The number of hydrogen-bond acceptors (Lipinski definition) is 3. The quantitative estimate of drug-likeness (QED) is 0.0753. The highest BCUT2D eigenvalue weighted by molar-refractivity contribution is 4.65. The Labute approximate surface area is 228 Å². The van der Waals surface area contributed by atoms with Crippen LogP contribution in [-0.4, -0.2) is 31.2 Å². The molecule has 0 amide bonds. The topological polar surface area (TPSA) is 44.7 Å². The van der Waals surface area contributed by atoms with Gasteiger partial charge in [0.25, 0.3) is 0 Å². The number of nitrogens with zero attached hydrogens (tertiary/aromatic N) is 2. The maximum atomic E-state index is 10.7. The standard InChI is InChI=1S/C16H34N2O.C16H35N/c1-15(2)11-7-5-9-13-18(17-19)14-10-6-8-12-16(3)4;1-5-9-11-15(7-3)13-17-14-16(8-4)12-10-6-2/h15-16H,5-14H2,1-4H3;15-17H,5-14H2,1-4H3. The van der Waals surface area contributed by atoms with Gasteiger partial charge in [-0.05, 0) is 62.4 Å². The summed E-state index contributed by atoms with van der Waals surface area (Å²) in [5.74, 6) is 3.39. The highest BCUT2D eigenvalue weighted by atomic mass is 16.3. The van der Waals surface area contributed by atoms with Crippen molar-refractivity contribution in [2.75, 3.05) is 26.2 Å². The number of hydrogen-bond donors (Lipinski definition) is 1. The summed E-state index contributed by atoms with van der Waals surface area (Å²) in [6.07, 6.45) is 20.7. The highest BCUT2D eigenvalue weighted by Crippen LogP contribution is 2.14. The van der Waals surface area contributed by atoms with Crippen molar-refractivity contribution in [2.24, 2.45) is 29.0 Å². The number of nitrogens with one attached hydrogen (secondary N) is 1. The Hall–Kier alpha value is -0.640. The lowest BCUT2D eigenvalue weighted by Crippen LogP contribution is -2.28. The minimum Gasteiger partial charge on any atom is -0.316 e. The molecule has 0 heterocycles. The van der Waals surface area contributed by atoms with Crippen LogP contribution >= 0.6 is 0 Å². The van der Waals surface area contributed by atoms with Crippen LogP contribution in [0.1, 0.15) is 158 Å². The Kier molecular flexibility index (Phi) is 30.1. The van der Waals surface area contributed by atoms with E-state index in [1.807, 2.05) is 0 Å². The Morgan fingerprint density at radius 2 is 1.00 bits per heavy atom. The molecular formula is C32H69N3O. The van der Waals surface area contributed by atoms with Crippen molar-refractivity contribution < 1.29 is 0 Å². The number of nitroso groups, excluding NO2 is 1. The third kappa shape index (κ3) is 27.9. The smallest absolute Gasteiger partial charge is 0.0523 e. The van der Waals surface area contributed by atoms with E-state index in [-0.39, 0.29) is 0 Å². The molecule has 4 heteroatoms. The Bertz CT molecular complexity index is 394. The molecule has 2 atom stereocenters. The maximum absolute atomic E-state index is 10.7. The van der Waals surface area contributed by atoms with E-state index in [1.165, 1.54) is 103 Å². The minimum atomic E-state index is 0.793. The molecule has 0 aliphatic carbocycles. The van der Waals surface area contributed by atoms with Crippen LogP contribution in [0.4, 0.5) is 0 Å². The van der Waals surface area contributed by atoms with Crippen LogP contribution in [0.15, 0.2) is 5.29 Å². The largest absolute Gasteiger partial charge is 0.316 e. The summed E-state index contributed by atoms with van der Waals surface area (Å²) in [6.45, 7) is 22.4. The number of rotatable bonds is 25. The second-order valence-electron chi connectivity index (χ2n) is 12.0. The summed E-state index contributed by atoms with van der Waals surface area (Å²) in [5.41, 5.74) is 0. The fraction of sp³-hybridized carbons (Fsp3) is 1.00. The summed E-state index contributed by atoms with van der Waals surface area (Å²) >= 11 is 0. The molecule has 0 aliphatic rings. The lowest BCUT2D eigenvalue weighted by Gasteiger charge is -2.19. The van der Waals surface area contributed by atoms with Crippen LogP contribution in [0.2, 0.25) is 0 Å². The lowest BCUT2D eigenvalue weighted by atomic mass is 9.97. The molecule has 36 heavy (non-hydrogen) atoms. The molecule has 0 rings (SSSR count). The highest BCUT2D eigenvalue weighted by Gasteiger charge is 2.08. The molecular weight excluding hydrogens is 442 g/mol. The predicted octanol–water partition coefficient (Wildman–Crippen LogP) is 10.4. The maximum Gasteiger partial charge on any atom is 0.0523 e. The van der Waals surface area contributed by atoms with E-state index in [1.54, 1.807) is 5.01 Å². The van der Waals surface area contributed by atoms with Crippen LogP contribution in [0, 0.1) is 28.6 Å². The van der Waals surface area contributed by atoms with Crippen molar-refractivity contribution in [2.45, 2.75) is 158 Å². The van der Waals surface area contributed by atoms with E-state index in [9.17, 15) is 4.91 Å². The third-order valence-corrected chi connectivity index (χ3v) is 7.46. The van der Waals surface area contributed by atoms with Gasteiger partial charge in [-0.3, -0.25) is 5.01 Å². The van der Waals surface area contributed by atoms with E-state index < -0.39 is 0 Å². The average molecular weight is 512 g/mol. The van der Waals surface area contributed by atoms with E-state index in [2.05, 4.69) is 66.0 Å². The van der Waals surface area contributed by atoms with Crippen molar-refractivity contribution in [1.29, 1.82) is 0 Å². The van der Waals surface area contributed by atoms with Crippen molar-refractivity contribution in [3.05, 3.63) is 4.91 Å². The van der Waals surface area contributed by atoms with Gasteiger partial charge in [0.1, 0.15) is 0 Å². The SMILES string of the molecule is CC(C)CCCCCN(CCCCCC(C)C)N=O.CCCCC(CC)CNCC(CC)CCCC. The van der Waals surface area contributed by atoms with Crippen molar-refractivity contribution in [3.8, 4) is 0 Å². The molecule has 1 N–H and O–H groups in total. The second-order valence-corrected chi connectivity index (χ2v) is 12.0. The van der Waals surface area contributed by atoms with Gasteiger partial charge in [0.15, 0.2) is 0 Å². The van der Waals surface area contributed by atoms with Gasteiger partial charge in [0.2, 0.25) is 0 Å². The van der Waals surface area contributed by atoms with Gasteiger partial charge in [-0.1, -0.05) is 132 Å². The molecule has 0 radical (unpaired) electrons. The molecule has 4 nitrogen and oxygen atoms in total. The fourth-order valence-electron chi connectivity index (χ4n) is 4.62. The first-order valence-corrected chi connectivity index (χ1v) is 16.1. The summed E-state index contributed by atoms with van der Waals surface area (Å²) in [4.78, 5) is 10.7. The zero-order chi connectivity index (χ0) is 27.4. The van der Waals surface area contributed by atoms with E-state index in [0.29, 0.717) is 0 Å². The van der Waals surface area contributed by atoms with Gasteiger partial charge < -0.3 is 5.32 Å². The average Bonchev–Trinajstić information content (AvgIpc) is 2.86. The van der Waals surface area contributed by atoms with Crippen LogP contribution in [0.25, 0.3) is 0 Å². The molecule has 0 spiro atoms. The fourth-order valence-corrected chi connectivity index (χ4v) is 4.62. The van der Waals surface area contributed by atoms with Crippen LogP contribution in [0.3, 0.4) is 0 Å². The summed E-state index contributed by atoms with van der Waals surface area (Å²) < 4.78 is 0. The molecule has 0 aromatic carbocycles. The molecule has 0 saturated carbocycles. The van der Waals surface area contributed by atoms with E-state index in [4.69, 9.17) is 0 Å². The van der Waals surface area contributed by atoms with E-state index in [0.717, 1.165) is 49.6 Å². The Morgan fingerprint density at radius 3 is 1.31 bits per heavy atom. The molecule has 0 aromatic heterocycles. The summed E-state index contributed by atoms with van der Waals surface area (Å²) in [7, 11) is 0. The van der Waals surface area contributed by atoms with Gasteiger partial charge in [-0.15, -0.1) is 4.91 Å². The van der Waals surface area contributed by atoms with Gasteiger partial charge in [0.05, 0.1) is 5.29 Å². The minimum absolute atomic E-state index is 0.793. The summed E-state index contributed by atoms with van der Waals surface area (Å²) in [5, 5.41) is 8.56. The van der Waals surface area contributed by atoms with Crippen LogP contribution in [-0.2, 0) is 0 Å². The Balaban J connectivity index is 0. The molecule has 0 aromatic rings. The molecule has 0 aliphatic heterocycles. The van der Waals surface area contributed by atoms with Crippen LogP contribution in [0.5, 0.6) is 0 Å². The van der Waals surface area contributed by atoms with Crippen molar-refractivity contribution in [1.82, 2.24) is 10.3 Å². The van der Waals surface area contributed by atoms with Crippen molar-refractivity contribution >= 4 is 0 Å². The molecule has 0 fully saturated rings. The third-order valence-electron chi connectivity index (χ3n) is 7.46. The first-order valence-electron chi connectivity index (χ1n) is 16.1. The van der Waals surface area contributed by atoms with Gasteiger partial charge >= 0.3 is 0 Å². The van der Waals surface area contributed by atoms with Gasteiger partial charge in [-0.25, -0.2) is 0 Å². The number of unbranched alkanes of at least 4 members (excludes halogenated alkanes) is 6. The molecule has 0 bridgehead atoms. The summed E-state index contributed by atoms with van der Waals surface area (Å²) in [6, 6.07) is 0. The predicted molar refractivity (Wildman–Crippen MR) is 163 cm³/mol. The van der Waals surface area contributed by atoms with E-state index >= 15 is 0 Å². The van der Waals surface area contributed by atoms with Crippen molar-refractivity contribution in [3.63, 3.8) is 0 Å². The van der Waals surface area contributed by atoms with Gasteiger partial charge in [0, 0.05) is 13.1 Å². The lowest BCUT2D eigenvalue weighted by molar-refractivity contribution is 0.267. The molecule has 0 saturated heterocycles.